The van der Waals surface area contributed by atoms with Gasteiger partial charge < -0.3 is 9.47 Å². The van der Waals surface area contributed by atoms with E-state index in [-0.39, 0.29) is 23.4 Å². The molecule has 4 nitrogen and oxygen atoms in total. The van der Waals surface area contributed by atoms with E-state index in [1.165, 1.54) is 7.11 Å². The molecule has 0 radical (unpaired) electrons. The van der Waals surface area contributed by atoms with Gasteiger partial charge in [0.25, 0.3) is 0 Å². The van der Waals surface area contributed by atoms with Crippen molar-refractivity contribution in [3.05, 3.63) is 0 Å². The van der Waals surface area contributed by atoms with E-state index in [1.54, 1.807) is 0 Å². The minimum Gasteiger partial charge on any atom is -0.468 e. The van der Waals surface area contributed by atoms with Gasteiger partial charge in [-0.25, -0.2) is 0 Å². The van der Waals surface area contributed by atoms with E-state index < -0.39 is 11.9 Å². The number of carbonyl (C=O) groups is 2. The van der Waals surface area contributed by atoms with Crippen molar-refractivity contribution in [3.8, 4) is 0 Å². The number of esters is 1. The topological polar surface area (TPSA) is 52.6 Å². The first-order valence-electron chi connectivity index (χ1n) is 5.25. The highest BCUT2D eigenvalue weighted by Gasteiger charge is 2.55. The molecule has 0 aromatic carbocycles. The minimum absolute atomic E-state index is 0.0371. The van der Waals surface area contributed by atoms with Crippen molar-refractivity contribution in [2.45, 2.75) is 38.4 Å². The molecule has 0 aromatic rings. The number of ether oxygens (including phenoxy) is 2. The Hall–Kier alpha value is -0.900. The summed E-state index contributed by atoms with van der Waals surface area (Å²) in [5.41, 5.74) is -0.355. The molecule has 0 unspecified atom stereocenters. The normalized spacial score (nSPS) is 44.2. The number of methoxy groups -OCH3 is 1. The number of fused-ring (bicyclic) bond motifs is 2. The van der Waals surface area contributed by atoms with Crippen LogP contribution >= 0.6 is 0 Å². The van der Waals surface area contributed by atoms with Gasteiger partial charge in [0.15, 0.2) is 5.78 Å². The number of hydrogen-bond donors (Lipinski definition) is 0. The first-order valence-corrected chi connectivity index (χ1v) is 5.25. The van der Waals surface area contributed by atoms with Crippen molar-refractivity contribution in [3.63, 3.8) is 0 Å². The molecular weight excluding hydrogens is 196 g/mol. The molecule has 2 rings (SSSR count). The molecule has 0 aliphatic carbocycles. The summed E-state index contributed by atoms with van der Waals surface area (Å²) in [6.07, 6.45) is 0.883. The van der Waals surface area contributed by atoms with Crippen LogP contribution in [0.4, 0.5) is 0 Å². The Bertz CT molecular complexity index is 312. The molecule has 0 amide bonds. The summed E-state index contributed by atoms with van der Waals surface area (Å²) in [5, 5.41) is 0. The summed E-state index contributed by atoms with van der Waals surface area (Å²) >= 11 is 0. The van der Waals surface area contributed by atoms with Crippen molar-refractivity contribution < 1.29 is 19.1 Å². The highest BCUT2D eigenvalue weighted by atomic mass is 16.5. The number of hydrogen-bond acceptors (Lipinski definition) is 4. The number of rotatable bonds is 1. The van der Waals surface area contributed by atoms with Gasteiger partial charge in [-0.1, -0.05) is 6.92 Å². The molecule has 2 bridgehead atoms. The summed E-state index contributed by atoms with van der Waals surface area (Å²) < 4.78 is 10.4. The van der Waals surface area contributed by atoms with E-state index in [9.17, 15) is 9.59 Å². The number of ketones is 1. The fourth-order valence-corrected chi connectivity index (χ4v) is 2.85. The second kappa shape index (κ2) is 3.30. The standard InChI is InChI=1S/C11H16O4/c1-6-4-11(2)5-7(12)8(9(6)15-11)10(13)14-3/h6,8-9H,4-5H2,1-3H3/t6-,8-,9-,11+/m1/s1. The summed E-state index contributed by atoms with van der Waals surface area (Å²) in [6, 6.07) is 0. The predicted molar refractivity (Wildman–Crippen MR) is 52.2 cm³/mol. The zero-order chi connectivity index (χ0) is 11.2. The molecule has 2 saturated heterocycles. The molecule has 2 fully saturated rings. The third kappa shape index (κ3) is 1.57. The van der Waals surface area contributed by atoms with Crippen LogP contribution in [-0.2, 0) is 19.1 Å². The molecule has 4 atom stereocenters. The Labute approximate surface area is 88.9 Å². The van der Waals surface area contributed by atoms with Crippen molar-refractivity contribution in [2.24, 2.45) is 11.8 Å². The zero-order valence-corrected chi connectivity index (χ0v) is 9.28. The summed E-state index contributed by atoms with van der Waals surface area (Å²) in [5.74, 6) is -0.961. The van der Waals surface area contributed by atoms with Crippen molar-refractivity contribution in [2.75, 3.05) is 7.11 Å². The Morgan fingerprint density at radius 2 is 2.27 bits per heavy atom. The van der Waals surface area contributed by atoms with Crippen LogP contribution in [0.25, 0.3) is 0 Å². The average Bonchev–Trinajstić information content (AvgIpc) is 2.37. The van der Waals surface area contributed by atoms with Crippen molar-refractivity contribution in [1.82, 2.24) is 0 Å². The minimum atomic E-state index is -0.708. The van der Waals surface area contributed by atoms with Gasteiger partial charge in [0.1, 0.15) is 5.92 Å². The number of carbonyl (C=O) groups excluding carboxylic acids is 2. The average molecular weight is 212 g/mol. The fourth-order valence-electron chi connectivity index (χ4n) is 2.85. The third-order valence-corrected chi connectivity index (χ3v) is 3.41. The fraction of sp³-hybridized carbons (Fsp3) is 0.818. The van der Waals surface area contributed by atoms with E-state index in [2.05, 4.69) is 4.74 Å². The monoisotopic (exact) mass is 212 g/mol. The molecule has 4 heteroatoms. The molecule has 0 N–H and O–H groups in total. The third-order valence-electron chi connectivity index (χ3n) is 3.41. The van der Waals surface area contributed by atoms with E-state index in [0.717, 1.165) is 6.42 Å². The first kappa shape index (κ1) is 10.6. The Kier molecular flexibility index (Phi) is 2.34. The maximum absolute atomic E-state index is 11.8. The molecule has 15 heavy (non-hydrogen) atoms. The predicted octanol–water partition coefficient (Wildman–Crippen LogP) is 0.932. The summed E-state index contributed by atoms with van der Waals surface area (Å²) in [7, 11) is 1.31. The quantitative estimate of drug-likeness (QED) is 0.479. The highest BCUT2D eigenvalue weighted by Crippen LogP contribution is 2.45. The second-order valence-corrected chi connectivity index (χ2v) is 4.86. The van der Waals surface area contributed by atoms with Gasteiger partial charge in [-0.3, -0.25) is 9.59 Å². The highest BCUT2D eigenvalue weighted by molar-refractivity contribution is 6.00. The van der Waals surface area contributed by atoms with Gasteiger partial charge in [-0.2, -0.15) is 0 Å². The number of Topliss-reactive ketones (excluding diaryl/α,β-unsaturated/α-hetero) is 1. The van der Waals surface area contributed by atoms with Gasteiger partial charge >= 0.3 is 5.97 Å². The second-order valence-electron chi connectivity index (χ2n) is 4.86. The van der Waals surface area contributed by atoms with Gasteiger partial charge in [0, 0.05) is 6.42 Å². The van der Waals surface area contributed by atoms with Gasteiger partial charge in [0.05, 0.1) is 18.8 Å². The lowest BCUT2D eigenvalue weighted by Crippen LogP contribution is -2.46. The van der Waals surface area contributed by atoms with Crippen LogP contribution in [0.2, 0.25) is 0 Å². The van der Waals surface area contributed by atoms with E-state index >= 15 is 0 Å². The lowest BCUT2D eigenvalue weighted by atomic mass is 9.89. The molecule has 0 aromatic heterocycles. The van der Waals surface area contributed by atoms with Gasteiger partial charge in [-0.05, 0) is 19.3 Å². The van der Waals surface area contributed by atoms with Crippen LogP contribution in [0.3, 0.4) is 0 Å². The molecule has 0 spiro atoms. The Morgan fingerprint density at radius 3 is 2.87 bits per heavy atom. The van der Waals surface area contributed by atoms with E-state index in [4.69, 9.17) is 4.74 Å². The van der Waals surface area contributed by atoms with Crippen LogP contribution < -0.4 is 0 Å². The molecule has 0 saturated carbocycles. The largest absolute Gasteiger partial charge is 0.468 e. The maximum atomic E-state index is 11.8. The van der Waals surface area contributed by atoms with Gasteiger partial charge in [0.2, 0.25) is 0 Å². The zero-order valence-electron chi connectivity index (χ0n) is 9.28. The van der Waals surface area contributed by atoms with Crippen molar-refractivity contribution in [1.29, 1.82) is 0 Å². The first-order chi connectivity index (χ1) is 6.97. The van der Waals surface area contributed by atoms with Crippen molar-refractivity contribution >= 4 is 11.8 Å². The lowest BCUT2D eigenvalue weighted by Gasteiger charge is -2.33. The van der Waals surface area contributed by atoms with Gasteiger partial charge in [-0.15, -0.1) is 0 Å². The van der Waals surface area contributed by atoms with Crippen LogP contribution in [-0.4, -0.2) is 30.6 Å². The molecular formula is C11H16O4. The molecule has 2 aliphatic heterocycles. The molecule has 84 valence electrons. The Morgan fingerprint density at radius 1 is 1.60 bits per heavy atom. The summed E-state index contributed by atoms with van der Waals surface area (Å²) in [6.45, 7) is 3.96. The van der Waals surface area contributed by atoms with E-state index in [1.807, 2.05) is 13.8 Å². The van der Waals surface area contributed by atoms with Crippen LogP contribution in [0.15, 0.2) is 0 Å². The lowest BCUT2D eigenvalue weighted by molar-refractivity contribution is -0.168. The Balaban J connectivity index is 2.27. The molecule has 2 heterocycles. The van der Waals surface area contributed by atoms with Crippen LogP contribution in [0.5, 0.6) is 0 Å². The summed E-state index contributed by atoms with van der Waals surface area (Å²) in [4.78, 5) is 23.3. The van der Waals surface area contributed by atoms with E-state index in [0.29, 0.717) is 6.42 Å². The SMILES string of the molecule is COC(=O)[C@@H]1C(=O)C[C@]2(C)C[C@@H](C)[C@H]1O2. The molecule has 2 aliphatic rings. The van der Waals surface area contributed by atoms with Crippen LogP contribution in [0, 0.1) is 11.8 Å². The smallest absolute Gasteiger partial charge is 0.318 e. The van der Waals surface area contributed by atoms with Crippen LogP contribution in [0.1, 0.15) is 26.7 Å². The maximum Gasteiger partial charge on any atom is 0.318 e.